The zero-order chi connectivity index (χ0) is 19.4. The molecule has 1 aliphatic heterocycles. The van der Waals surface area contributed by atoms with Gasteiger partial charge < -0.3 is 15.4 Å². The van der Waals surface area contributed by atoms with Gasteiger partial charge in [-0.1, -0.05) is 49.4 Å². The molecule has 2 aromatic carbocycles. The number of anilines is 1. The average Bonchev–Trinajstić information content (AvgIpc) is 2.94. The van der Waals surface area contributed by atoms with Crippen molar-refractivity contribution in [2.75, 3.05) is 19.0 Å². The van der Waals surface area contributed by atoms with E-state index in [0.717, 1.165) is 4.90 Å². The molecular weight excluding hydrogens is 346 g/mol. The maximum atomic E-state index is 13.0. The van der Waals surface area contributed by atoms with E-state index in [0.29, 0.717) is 23.4 Å². The maximum absolute atomic E-state index is 13.0. The monoisotopic (exact) mass is 367 g/mol. The molecule has 0 saturated carbocycles. The van der Waals surface area contributed by atoms with Crippen molar-refractivity contribution in [3.05, 3.63) is 60.2 Å². The number of imide groups is 1. The van der Waals surface area contributed by atoms with Gasteiger partial charge in [-0.3, -0.25) is 14.5 Å². The van der Waals surface area contributed by atoms with E-state index in [9.17, 15) is 14.4 Å². The van der Waals surface area contributed by atoms with Gasteiger partial charge in [-0.2, -0.15) is 0 Å². The van der Waals surface area contributed by atoms with Crippen molar-refractivity contribution in [3.63, 3.8) is 0 Å². The predicted octanol–water partition coefficient (Wildman–Crippen LogP) is 2.49. The number of urea groups is 1. The highest BCUT2D eigenvalue weighted by Crippen LogP contribution is 2.32. The third-order valence-electron chi connectivity index (χ3n) is 4.66. The molecule has 1 fully saturated rings. The van der Waals surface area contributed by atoms with Gasteiger partial charge in [0.2, 0.25) is 5.91 Å². The SMILES string of the molecule is CC[C@]1(c2ccccc2)NC(=O)N(CC(=O)Nc2ccccc2OC)C1=O. The van der Waals surface area contributed by atoms with E-state index in [2.05, 4.69) is 10.6 Å². The van der Waals surface area contributed by atoms with Gasteiger partial charge in [0.1, 0.15) is 17.8 Å². The van der Waals surface area contributed by atoms with Crippen LogP contribution in [0.4, 0.5) is 10.5 Å². The number of carbonyl (C=O) groups is 3. The Morgan fingerprint density at radius 2 is 1.78 bits per heavy atom. The average molecular weight is 367 g/mol. The van der Waals surface area contributed by atoms with E-state index < -0.39 is 23.4 Å². The first-order valence-electron chi connectivity index (χ1n) is 8.64. The lowest BCUT2D eigenvalue weighted by Gasteiger charge is -2.25. The van der Waals surface area contributed by atoms with Gasteiger partial charge in [0, 0.05) is 0 Å². The van der Waals surface area contributed by atoms with Crippen LogP contribution in [0.25, 0.3) is 0 Å². The fourth-order valence-electron chi connectivity index (χ4n) is 3.21. The van der Waals surface area contributed by atoms with Crippen LogP contribution in [0.2, 0.25) is 0 Å². The van der Waals surface area contributed by atoms with Crippen molar-refractivity contribution >= 4 is 23.5 Å². The number of nitrogens with zero attached hydrogens (tertiary/aromatic N) is 1. The van der Waals surface area contributed by atoms with Gasteiger partial charge in [-0.25, -0.2) is 4.79 Å². The van der Waals surface area contributed by atoms with E-state index >= 15 is 0 Å². The highest BCUT2D eigenvalue weighted by molar-refractivity contribution is 6.10. The largest absolute Gasteiger partial charge is 0.495 e. The summed E-state index contributed by atoms with van der Waals surface area (Å²) in [5.41, 5.74) is 0.0173. The van der Waals surface area contributed by atoms with Crippen LogP contribution in [-0.2, 0) is 15.1 Å². The summed E-state index contributed by atoms with van der Waals surface area (Å²) < 4.78 is 5.19. The molecule has 1 saturated heterocycles. The molecular formula is C20H21N3O4. The molecule has 1 heterocycles. The first kappa shape index (κ1) is 18.4. The summed E-state index contributed by atoms with van der Waals surface area (Å²) in [5, 5.41) is 5.43. The van der Waals surface area contributed by atoms with Crippen LogP contribution in [0.1, 0.15) is 18.9 Å². The van der Waals surface area contributed by atoms with Gasteiger partial charge in [-0.15, -0.1) is 0 Å². The number of methoxy groups -OCH3 is 1. The molecule has 7 nitrogen and oxygen atoms in total. The molecule has 0 unspecified atom stereocenters. The van der Waals surface area contributed by atoms with E-state index in [1.54, 1.807) is 36.4 Å². The highest BCUT2D eigenvalue weighted by atomic mass is 16.5. The first-order valence-corrected chi connectivity index (χ1v) is 8.64. The Bertz CT molecular complexity index is 869. The number of rotatable bonds is 6. The van der Waals surface area contributed by atoms with Gasteiger partial charge in [-0.05, 0) is 24.1 Å². The molecule has 0 aliphatic carbocycles. The summed E-state index contributed by atoms with van der Waals surface area (Å²) in [7, 11) is 1.50. The second kappa shape index (κ2) is 7.49. The number of ether oxygens (including phenoxy) is 1. The third-order valence-corrected chi connectivity index (χ3v) is 4.66. The van der Waals surface area contributed by atoms with E-state index in [4.69, 9.17) is 4.74 Å². The third kappa shape index (κ3) is 3.36. The van der Waals surface area contributed by atoms with Crippen molar-refractivity contribution in [2.24, 2.45) is 0 Å². The van der Waals surface area contributed by atoms with Crippen LogP contribution < -0.4 is 15.4 Å². The smallest absolute Gasteiger partial charge is 0.325 e. The highest BCUT2D eigenvalue weighted by Gasteiger charge is 2.51. The van der Waals surface area contributed by atoms with E-state index in [1.165, 1.54) is 7.11 Å². The summed E-state index contributed by atoms with van der Waals surface area (Å²) >= 11 is 0. The standard InChI is InChI=1S/C20H21N3O4/c1-3-20(14-9-5-4-6-10-14)18(25)23(19(26)22-20)13-17(24)21-15-11-7-8-12-16(15)27-2/h4-12H,3,13H2,1-2H3,(H,21,24)(H,22,26)/t20-/m1/s1. The molecule has 140 valence electrons. The molecule has 3 rings (SSSR count). The number of nitrogens with one attached hydrogen (secondary N) is 2. The Labute approximate surface area is 157 Å². The van der Waals surface area contributed by atoms with Crippen molar-refractivity contribution < 1.29 is 19.1 Å². The number of hydrogen-bond acceptors (Lipinski definition) is 4. The van der Waals surface area contributed by atoms with Crippen molar-refractivity contribution in [1.29, 1.82) is 0 Å². The lowest BCUT2D eigenvalue weighted by Crippen LogP contribution is -2.44. The van der Waals surface area contributed by atoms with Crippen molar-refractivity contribution in [3.8, 4) is 5.75 Å². The quantitative estimate of drug-likeness (QED) is 0.768. The van der Waals surface area contributed by atoms with Crippen LogP contribution in [-0.4, -0.2) is 36.4 Å². The topological polar surface area (TPSA) is 87.7 Å². The summed E-state index contributed by atoms with van der Waals surface area (Å²) in [6.07, 6.45) is 0.381. The molecule has 0 spiro atoms. The summed E-state index contributed by atoms with van der Waals surface area (Å²) in [6, 6.07) is 15.4. The Kier molecular flexibility index (Phi) is 5.12. The second-order valence-electron chi connectivity index (χ2n) is 6.19. The zero-order valence-electron chi connectivity index (χ0n) is 15.2. The molecule has 7 heteroatoms. The summed E-state index contributed by atoms with van der Waals surface area (Å²) in [5.74, 6) is -0.422. The molecule has 4 amide bonds. The Morgan fingerprint density at radius 1 is 1.11 bits per heavy atom. The lowest BCUT2D eigenvalue weighted by molar-refractivity contribution is -0.134. The van der Waals surface area contributed by atoms with E-state index in [-0.39, 0.29) is 6.54 Å². The molecule has 1 aliphatic rings. The molecule has 2 aromatic rings. The van der Waals surface area contributed by atoms with Crippen LogP contribution in [0.15, 0.2) is 54.6 Å². The number of amides is 4. The Hall–Kier alpha value is -3.35. The molecule has 0 aromatic heterocycles. The summed E-state index contributed by atoms with van der Waals surface area (Å²) in [6.45, 7) is 1.45. The molecule has 0 bridgehead atoms. The minimum atomic E-state index is -1.15. The van der Waals surface area contributed by atoms with Gasteiger partial charge >= 0.3 is 6.03 Å². The minimum Gasteiger partial charge on any atom is -0.495 e. The van der Waals surface area contributed by atoms with Gasteiger partial charge in [0.05, 0.1) is 12.8 Å². The first-order chi connectivity index (χ1) is 13.0. The fourth-order valence-corrected chi connectivity index (χ4v) is 3.21. The number of hydrogen-bond donors (Lipinski definition) is 2. The molecule has 0 radical (unpaired) electrons. The van der Waals surface area contributed by atoms with Crippen LogP contribution in [0, 0.1) is 0 Å². The Morgan fingerprint density at radius 3 is 2.44 bits per heavy atom. The van der Waals surface area contributed by atoms with Crippen molar-refractivity contribution in [1.82, 2.24) is 10.2 Å². The lowest BCUT2D eigenvalue weighted by atomic mass is 9.87. The molecule has 2 N–H and O–H groups in total. The summed E-state index contributed by atoms with van der Waals surface area (Å²) in [4.78, 5) is 38.8. The predicted molar refractivity (Wildman–Crippen MR) is 100 cm³/mol. The van der Waals surface area contributed by atoms with E-state index in [1.807, 2.05) is 25.1 Å². The van der Waals surface area contributed by atoms with Crippen LogP contribution in [0.3, 0.4) is 0 Å². The number of carbonyl (C=O) groups excluding carboxylic acids is 3. The zero-order valence-corrected chi connectivity index (χ0v) is 15.2. The normalized spacial score (nSPS) is 19.0. The molecule has 1 atom stereocenters. The van der Waals surface area contributed by atoms with Gasteiger partial charge in [0.15, 0.2) is 0 Å². The van der Waals surface area contributed by atoms with Crippen LogP contribution in [0.5, 0.6) is 5.75 Å². The number of para-hydroxylation sites is 2. The van der Waals surface area contributed by atoms with Crippen molar-refractivity contribution in [2.45, 2.75) is 18.9 Å². The molecule has 27 heavy (non-hydrogen) atoms. The minimum absolute atomic E-state index is 0.378. The maximum Gasteiger partial charge on any atom is 0.325 e. The van der Waals surface area contributed by atoms with Gasteiger partial charge in [0.25, 0.3) is 5.91 Å². The Balaban J connectivity index is 1.78. The number of benzene rings is 2. The fraction of sp³-hybridized carbons (Fsp3) is 0.250. The second-order valence-corrected chi connectivity index (χ2v) is 6.19. The van der Waals surface area contributed by atoms with Crippen LogP contribution >= 0.6 is 0 Å².